The third-order valence-electron chi connectivity index (χ3n) is 3.20. The minimum Gasteiger partial charge on any atom is -0.342 e. The Labute approximate surface area is 108 Å². The number of likely N-dealkylation sites (tertiary alicyclic amines) is 1. The van der Waals surface area contributed by atoms with Crippen molar-refractivity contribution in [3.63, 3.8) is 0 Å². The number of carbonyl (C=O) groups is 1. The van der Waals surface area contributed by atoms with Gasteiger partial charge in [-0.15, -0.1) is 0 Å². The van der Waals surface area contributed by atoms with E-state index in [4.69, 9.17) is 11.6 Å². The van der Waals surface area contributed by atoms with Gasteiger partial charge in [-0.25, -0.2) is 0 Å². The van der Waals surface area contributed by atoms with Crippen molar-refractivity contribution in [1.29, 1.82) is 0 Å². The van der Waals surface area contributed by atoms with Crippen LogP contribution in [-0.4, -0.2) is 23.9 Å². The van der Waals surface area contributed by atoms with E-state index >= 15 is 0 Å². The Balaban J connectivity index is 1.95. The van der Waals surface area contributed by atoms with Gasteiger partial charge in [0.15, 0.2) is 0 Å². The molecule has 0 spiro atoms. The average molecular weight is 252 g/mol. The maximum absolute atomic E-state index is 12.1. The van der Waals surface area contributed by atoms with Crippen LogP contribution >= 0.6 is 11.6 Å². The second-order valence-corrected chi connectivity index (χ2v) is 5.04. The molecule has 1 amide bonds. The molecule has 2 rings (SSSR count). The molecular weight excluding hydrogens is 234 g/mol. The van der Waals surface area contributed by atoms with E-state index in [9.17, 15) is 4.79 Å². The van der Waals surface area contributed by atoms with Gasteiger partial charge in [-0.1, -0.05) is 36.6 Å². The zero-order chi connectivity index (χ0) is 12.1. The number of hydrogen-bond acceptors (Lipinski definition) is 1. The average Bonchev–Trinajstić information content (AvgIpc) is 2.57. The molecule has 0 atom stereocenters. The second-order valence-electron chi connectivity index (χ2n) is 4.60. The Bertz CT molecular complexity index is 384. The fourth-order valence-corrected chi connectivity index (χ4v) is 2.47. The van der Waals surface area contributed by atoms with Gasteiger partial charge >= 0.3 is 0 Å². The highest BCUT2D eigenvalue weighted by molar-refractivity contribution is 6.30. The molecule has 0 unspecified atom stereocenters. The largest absolute Gasteiger partial charge is 0.342 e. The molecule has 1 aromatic carbocycles. The molecule has 2 nitrogen and oxygen atoms in total. The van der Waals surface area contributed by atoms with E-state index in [0.717, 1.165) is 31.5 Å². The van der Waals surface area contributed by atoms with Crippen LogP contribution in [0.2, 0.25) is 5.02 Å². The molecule has 0 saturated carbocycles. The molecule has 1 aliphatic rings. The minimum atomic E-state index is 0.231. The summed E-state index contributed by atoms with van der Waals surface area (Å²) in [6, 6.07) is 7.56. The molecule has 0 aliphatic carbocycles. The van der Waals surface area contributed by atoms with Gasteiger partial charge in [0.05, 0.1) is 6.42 Å². The van der Waals surface area contributed by atoms with Gasteiger partial charge in [0.25, 0.3) is 0 Å². The first-order chi connectivity index (χ1) is 8.25. The summed E-state index contributed by atoms with van der Waals surface area (Å²) in [5.74, 6) is 0.231. The highest BCUT2D eigenvalue weighted by Crippen LogP contribution is 2.14. The van der Waals surface area contributed by atoms with E-state index in [1.165, 1.54) is 12.8 Å². The summed E-state index contributed by atoms with van der Waals surface area (Å²) in [4.78, 5) is 14.1. The quantitative estimate of drug-likeness (QED) is 0.790. The molecule has 17 heavy (non-hydrogen) atoms. The second kappa shape index (κ2) is 6.06. The van der Waals surface area contributed by atoms with Crippen molar-refractivity contribution < 1.29 is 4.79 Å². The molecule has 1 aliphatic heterocycles. The van der Waals surface area contributed by atoms with E-state index < -0.39 is 0 Å². The standard InChI is InChI=1S/C14H18ClNO/c15-13-7-5-6-12(10-13)11-14(17)16-8-3-1-2-4-9-16/h5-7,10H,1-4,8-9,11H2. The maximum atomic E-state index is 12.1. The van der Waals surface area contributed by atoms with E-state index in [1.807, 2.05) is 29.2 Å². The molecule has 0 bridgehead atoms. The smallest absolute Gasteiger partial charge is 0.226 e. The van der Waals surface area contributed by atoms with Gasteiger partial charge in [0.2, 0.25) is 5.91 Å². The molecule has 0 aromatic heterocycles. The molecule has 3 heteroatoms. The Hall–Kier alpha value is -1.02. The lowest BCUT2D eigenvalue weighted by atomic mass is 10.1. The normalized spacial score (nSPS) is 16.6. The zero-order valence-electron chi connectivity index (χ0n) is 9.99. The number of nitrogens with zero attached hydrogens (tertiary/aromatic N) is 1. The lowest BCUT2D eigenvalue weighted by Crippen LogP contribution is -2.33. The van der Waals surface area contributed by atoms with Gasteiger partial charge in [-0.05, 0) is 30.5 Å². The predicted molar refractivity (Wildman–Crippen MR) is 70.2 cm³/mol. The lowest BCUT2D eigenvalue weighted by molar-refractivity contribution is -0.130. The van der Waals surface area contributed by atoms with Crippen LogP contribution in [0.25, 0.3) is 0 Å². The third kappa shape index (κ3) is 3.74. The molecule has 92 valence electrons. The highest BCUT2D eigenvalue weighted by atomic mass is 35.5. The van der Waals surface area contributed by atoms with E-state index in [2.05, 4.69) is 0 Å². The van der Waals surface area contributed by atoms with Gasteiger partial charge < -0.3 is 4.90 Å². The van der Waals surface area contributed by atoms with Crippen LogP contribution in [0.3, 0.4) is 0 Å². The number of amides is 1. The van der Waals surface area contributed by atoms with Crippen LogP contribution < -0.4 is 0 Å². The number of benzene rings is 1. The summed E-state index contributed by atoms with van der Waals surface area (Å²) in [6.45, 7) is 1.83. The van der Waals surface area contributed by atoms with Crippen LogP contribution in [-0.2, 0) is 11.2 Å². The fraction of sp³-hybridized carbons (Fsp3) is 0.500. The van der Waals surface area contributed by atoms with Crippen molar-refractivity contribution in [2.45, 2.75) is 32.1 Å². The van der Waals surface area contributed by atoms with Crippen molar-refractivity contribution in [1.82, 2.24) is 4.90 Å². The first-order valence-corrected chi connectivity index (χ1v) is 6.66. The van der Waals surface area contributed by atoms with Crippen molar-refractivity contribution in [2.24, 2.45) is 0 Å². The van der Waals surface area contributed by atoms with E-state index in [-0.39, 0.29) is 5.91 Å². The monoisotopic (exact) mass is 251 g/mol. The molecule has 1 fully saturated rings. The number of rotatable bonds is 2. The summed E-state index contributed by atoms with van der Waals surface area (Å²) in [5.41, 5.74) is 1.01. The van der Waals surface area contributed by atoms with Gasteiger partial charge in [-0.2, -0.15) is 0 Å². The molecule has 1 heterocycles. The molecular formula is C14H18ClNO. The van der Waals surface area contributed by atoms with Crippen LogP contribution in [0.1, 0.15) is 31.2 Å². The minimum absolute atomic E-state index is 0.231. The van der Waals surface area contributed by atoms with Crippen molar-refractivity contribution >= 4 is 17.5 Å². The predicted octanol–water partition coefficient (Wildman–Crippen LogP) is 3.29. The van der Waals surface area contributed by atoms with E-state index in [0.29, 0.717) is 11.4 Å². The summed E-state index contributed by atoms with van der Waals surface area (Å²) < 4.78 is 0. The number of carbonyl (C=O) groups excluding carboxylic acids is 1. The van der Waals surface area contributed by atoms with Crippen LogP contribution in [0.4, 0.5) is 0 Å². The summed E-state index contributed by atoms with van der Waals surface area (Å²) in [6.07, 6.45) is 5.25. The molecule has 1 aromatic rings. The van der Waals surface area contributed by atoms with Crippen molar-refractivity contribution in [3.05, 3.63) is 34.9 Å². The fourth-order valence-electron chi connectivity index (χ4n) is 2.25. The summed E-state index contributed by atoms with van der Waals surface area (Å²) in [7, 11) is 0. The van der Waals surface area contributed by atoms with Gasteiger partial charge in [0, 0.05) is 18.1 Å². The topological polar surface area (TPSA) is 20.3 Å². The van der Waals surface area contributed by atoms with Crippen molar-refractivity contribution in [3.8, 4) is 0 Å². The maximum Gasteiger partial charge on any atom is 0.226 e. The Morgan fingerprint density at radius 1 is 1.18 bits per heavy atom. The summed E-state index contributed by atoms with van der Waals surface area (Å²) in [5, 5.41) is 0.700. The lowest BCUT2D eigenvalue weighted by Gasteiger charge is -2.20. The Kier molecular flexibility index (Phi) is 4.43. The van der Waals surface area contributed by atoms with Crippen LogP contribution in [0.15, 0.2) is 24.3 Å². The third-order valence-corrected chi connectivity index (χ3v) is 3.44. The van der Waals surface area contributed by atoms with Crippen LogP contribution in [0.5, 0.6) is 0 Å². The molecule has 0 radical (unpaired) electrons. The molecule has 0 N–H and O–H groups in total. The van der Waals surface area contributed by atoms with Crippen LogP contribution in [0, 0.1) is 0 Å². The van der Waals surface area contributed by atoms with Gasteiger partial charge in [-0.3, -0.25) is 4.79 Å². The Morgan fingerprint density at radius 2 is 1.88 bits per heavy atom. The number of halogens is 1. The number of hydrogen-bond donors (Lipinski definition) is 0. The SMILES string of the molecule is O=C(Cc1cccc(Cl)c1)N1CCCCCC1. The Morgan fingerprint density at radius 3 is 2.53 bits per heavy atom. The first-order valence-electron chi connectivity index (χ1n) is 6.28. The van der Waals surface area contributed by atoms with E-state index in [1.54, 1.807) is 0 Å². The highest BCUT2D eigenvalue weighted by Gasteiger charge is 2.15. The first kappa shape index (κ1) is 12.4. The zero-order valence-corrected chi connectivity index (χ0v) is 10.7. The van der Waals surface area contributed by atoms with Gasteiger partial charge in [0.1, 0.15) is 0 Å². The molecule has 1 saturated heterocycles. The van der Waals surface area contributed by atoms with Crippen molar-refractivity contribution in [2.75, 3.05) is 13.1 Å². The summed E-state index contributed by atoms with van der Waals surface area (Å²) >= 11 is 5.92.